The summed E-state index contributed by atoms with van der Waals surface area (Å²) in [5, 5.41) is 11.1. The lowest BCUT2D eigenvalue weighted by atomic mass is 9.95. The minimum Gasteiger partial charge on any atom is -0.368 e. The Balaban J connectivity index is 1.42. The lowest BCUT2D eigenvalue weighted by molar-refractivity contribution is 0.0835. The topological polar surface area (TPSA) is 95.1 Å². The van der Waals surface area contributed by atoms with E-state index in [4.69, 9.17) is 9.26 Å². The highest BCUT2D eigenvalue weighted by Crippen LogP contribution is 2.27. The third kappa shape index (κ3) is 2.82. The average molecular weight is 331 g/mol. The molecule has 1 aliphatic heterocycles. The number of aryl methyl sites for hydroxylation is 1. The molecule has 1 atom stereocenters. The van der Waals surface area contributed by atoms with Crippen LogP contribution in [0.3, 0.4) is 0 Å². The van der Waals surface area contributed by atoms with Crippen LogP contribution in [-0.4, -0.2) is 32.4 Å². The Kier molecular flexibility index (Phi) is 4.05. The standard InChI is InChI=1S/C16H21N5O3/c1-21-11-6-3-2-5-10(11)14(19-21)15(22)17-9-13-18-16(24-20-13)12-7-4-8-23-12/h12H,2-9H2,1H3,(H,17,22)/t12-/m1/s1. The fraction of sp³-hybridized carbons (Fsp3) is 0.625. The highest BCUT2D eigenvalue weighted by atomic mass is 16.5. The minimum atomic E-state index is -0.183. The number of hydrogen-bond acceptors (Lipinski definition) is 6. The van der Waals surface area contributed by atoms with Crippen LogP contribution >= 0.6 is 0 Å². The van der Waals surface area contributed by atoms with Crippen molar-refractivity contribution in [2.24, 2.45) is 7.05 Å². The van der Waals surface area contributed by atoms with E-state index >= 15 is 0 Å². The van der Waals surface area contributed by atoms with Gasteiger partial charge in [-0.15, -0.1) is 0 Å². The molecule has 0 bridgehead atoms. The number of carbonyl (C=O) groups is 1. The Labute approximate surface area is 139 Å². The number of amides is 1. The maximum absolute atomic E-state index is 12.5. The van der Waals surface area contributed by atoms with E-state index in [0.717, 1.165) is 50.7 Å². The van der Waals surface area contributed by atoms with E-state index in [1.807, 2.05) is 11.7 Å². The predicted molar refractivity (Wildman–Crippen MR) is 83.2 cm³/mol. The summed E-state index contributed by atoms with van der Waals surface area (Å²) < 4.78 is 12.6. The van der Waals surface area contributed by atoms with Gasteiger partial charge in [-0.3, -0.25) is 9.48 Å². The van der Waals surface area contributed by atoms with Crippen molar-refractivity contribution in [2.45, 2.75) is 51.2 Å². The fourth-order valence-electron chi connectivity index (χ4n) is 3.44. The first-order valence-corrected chi connectivity index (χ1v) is 8.49. The van der Waals surface area contributed by atoms with Crippen molar-refractivity contribution in [1.29, 1.82) is 0 Å². The van der Waals surface area contributed by atoms with Crippen molar-refractivity contribution in [3.8, 4) is 0 Å². The Bertz CT molecular complexity index is 745. The summed E-state index contributed by atoms with van der Waals surface area (Å²) in [4.78, 5) is 16.8. The van der Waals surface area contributed by atoms with Crippen LogP contribution in [0.1, 0.15) is 65.2 Å². The summed E-state index contributed by atoms with van der Waals surface area (Å²) in [7, 11) is 1.90. The van der Waals surface area contributed by atoms with Crippen LogP contribution in [0, 0.1) is 0 Å². The molecule has 1 N–H and O–H groups in total. The number of aromatic nitrogens is 4. The molecular weight excluding hydrogens is 310 g/mol. The number of nitrogens with one attached hydrogen (secondary N) is 1. The number of carbonyl (C=O) groups excluding carboxylic acids is 1. The fourth-order valence-corrected chi connectivity index (χ4v) is 3.44. The lowest BCUT2D eigenvalue weighted by Crippen LogP contribution is -2.25. The highest BCUT2D eigenvalue weighted by Gasteiger charge is 2.25. The van der Waals surface area contributed by atoms with Gasteiger partial charge in [-0.05, 0) is 38.5 Å². The highest BCUT2D eigenvalue weighted by molar-refractivity contribution is 5.94. The van der Waals surface area contributed by atoms with Gasteiger partial charge < -0.3 is 14.6 Å². The van der Waals surface area contributed by atoms with Crippen molar-refractivity contribution >= 4 is 5.91 Å². The zero-order chi connectivity index (χ0) is 16.5. The number of fused-ring (bicyclic) bond motifs is 1. The van der Waals surface area contributed by atoms with Crippen LogP contribution in [-0.2, 0) is 31.2 Å². The molecule has 2 aliphatic rings. The van der Waals surface area contributed by atoms with Crippen LogP contribution in [0.5, 0.6) is 0 Å². The zero-order valence-electron chi connectivity index (χ0n) is 13.7. The largest absolute Gasteiger partial charge is 0.368 e. The second-order valence-electron chi connectivity index (χ2n) is 6.34. The van der Waals surface area contributed by atoms with Crippen molar-refractivity contribution in [3.05, 3.63) is 28.7 Å². The molecule has 0 aromatic carbocycles. The maximum Gasteiger partial charge on any atom is 0.272 e. The van der Waals surface area contributed by atoms with E-state index in [0.29, 0.717) is 17.4 Å². The SMILES string of the molecule is Cn1nc(C(=O)NCc2noc([C@H]3CCCO3)n2)c2c1CCCC2. The molecule has 1 aliphatic carbocycles. The quantitative estimate of drug-likeness (QED) is 0.911. The van der Waals surface area contributed by atoms with Gasteiger partial charge >= 0.3 is 0 Å². The molecule has 0 saturated carbocycles. The minimum absolute atomic E-state index is 0.107. The van der Waals surface area contributed by atoms with Gasteiger partial charge in [0.2, 0.25) is 0 Å². The summed E-state index contributed by atoms with van der Waals surface area (Å²) in [6, 6.07) is 0. The molecule has 24 heavy (non-hydrogen) atoms. The van der Waals surface area contributed by atoms with E-state index in [1.165, 1.54) is 5.69 Å². The smallest absolute Gasteiger partial charge is 0.272 e. The van der Waals surface area contributed by atoms with E-state index < -0.39 is 0 Å². The molecule has 3 heterocycles. The van der Waals surface area contributed by atoms with Gasteiger partial charge in [-0.25, -0.2) is 0 Å². The molecule has 128 valence electrons. The molecular formula is C16H21N5O3. The molecule has 1 saturated heterocycles. The van der Waals surface area contributed by atoms with E-state index in [2.05, 4.69) is 20.6 Å². The molecule has 0 spiro atoms. The van der Waals surface area contributed by atoms with E-state index in [9.17, 15) is 4.79 Å². The normalized spacial score (nSPS) is 20.1. The van der Waals surface area contributed by atoms with Crippen LogP contribution in [0.15, 0.2) is 4.52 Å². The molecule has 8 nitrogen and oxygen atoms in total. The van der Waals surface area contributed by atoms with Crippen LogP contribution in [0.4, 0.5) is 0 Å². The van der Waals surface area contributed by atoms with Crippen molar-refractivity contribution < 1.29 is 14.1 Å². The number of hydrogen-bond donors (Lipinski definition) is 1. The monoisotopic (exact) mass is 331 g/mol. The predicted octanol–water partition coefficient (Wildman–Crippen LogP) is 1.46. The lowest BCUT2D eigenvalue weighted by Gasteiger charge is -2.12. The average Bonchev–Trinajstić information content (AvgIpc) is 3.33. The van der Waals surface area contributed by atoms with E-state index in [1.54, 1.807) is 0 Å². The van der Waals surface area contributed by atoms with Gasteiger partial charge in [-0.2, -0.15) is 10.1 Å². The first-order valence-electron chi connectivity index (χ1n) is 8.49. The Morgan fingerprint density at radius 2 is 2.21 bits per heavy atom. The van der Waals surface area contributed by atoms with Crippen LogP contribution < -0.4 is 5.32 Å². The second-order valence-corrected chi connectivity index (χ2v) is 6.34. The molecule has 0 radical (unpaired) electrons. The van der Waals surface area contributed by atoms with Crippen LogP contribution in [0.25, 0.3) is 0 Å². The van der Waals surface area contributed by atoms with Gasteiger partial charge in [0, 0.05) is 24.9 Å². The summed E-state index contributed by atoms with van der Waals surface area (Å²) in [6.07, 6.45) is 5.96. The van der Waals surface area contributed by atoms with E-state index in [-0.39, 0.29) is 18.6 Å². The number of ether oxygens (including phenoxy) is 1. The van der Waals surface area contributed by atoms with Gasteiger partial charge in [0.15, 0.2) is 11.5 Å². The summed E-state index contributed by atoms with van der Waals surface area (Å²) in [5.41, 5.74) is 2.77. The van der Waals surface area contributed by atoms with Gasteiger partial charge in [0.05, 0.1) is 6.54 Å². The molecule has 4 rings (SSSR count). The van der Waals surface area contributed by atoms with Crippen LogP contribution in [0.2, 0.25) is 0 Å². The summed E-state index contributed by atoms with van der Waals surface area (Å²) in [6.45, 7) is 0.949. The van der Waals surface area contributed by atoms with Crippen molar-refractivity contribution in [1.82, 2.24) is 25.2 Å². The number of nitrogens with zero attached hydrogens (tertiary/aromatic N) is 4. The third-order valence-corrected chi connectivity index (χ3v) is 4.68. The molecule has 2 aromatic rings. The number of rotatable bonds is 4. The Morgan fingerprint density at radius 1 is 1.33 bits per heavy atom. The molecule has 8 heteroatoms. The Hall–Kier alpha value is -2.22. The first-order chi connectivity index (χ1) is 11.7. The molecule has 2 aromatic heterocycles. The Morgan fingerprint density at radius 3 is 3.04 bits per heavy atom. The molecule has 0 unspecified atom stereocenters. The van der Waals surface area contributed by atoms with Crippen molar-refractivity contribution in [3.63, 3.8) is 0 Å². The maximum atomic E-state index is 12.5. The van der Waals surface area contributed by atoms with Crippen molar-refractivity contribution in [2.75, 3.05) is 6.61 Å². The third-order valence-electron chi connectivity index (χ3n) is 4.68. The second kappa shape index (κ2) is 6.35. The molecule has 1 amide bonds. The summed E-state index contributed by atoms with van der Waals surface area (Å²) >= 11 is 0. The summed E-state index contributed by atoms with van der Waals surface area (Å²) in [5.74, 6) is 0.767. The first kappa shape index (κ1) is 15.3. The molecule has 1 fully saturated rings. The van der Waals surface area contributed by atoms with Gasteiger partial charge in [0.1, 0.15) is 6.10 Å². The van der Waals surface area contributed by atoms with Gasteiger partial charge in [-0.1, -0.05) is 5.16 Å². The zero-order valence-corrected chi connectivity index (χ0v) is 13.7. The van der Waals surface area contributed by atoms with Gasteiger partial charge in [0.25, 0.3) is 11.8 Å².